The van der Waals surface area contributed by atoms with Crippen LogP contribution in [0.1, 0.15) is 39.5 Å². The molecule has 1 rings (SSSR count). The molecular weight excluding hydrogens is 166 g/mol. The summed E-state index contributed by atoms with van der Waals surface area (Å²) in [7, 11) is 0. The number of hydrogen-bond donors (Lipinski definition) is 1. The molecule has 0 bridgehead atoms. The van der Waals surface area contributed by atoms with Crippen LogP contribution in [-0.2, 0) is 0 Å². The molecule has 0 aliphatic carbocycles. The SMILES string of the molecule is CCCC(CCC)Nc1[c]nno1. The second-order valence-corrected chi connectivity index (χ2v) is 3.13. The molecule has 0 spiro atoms. The van der Waals surface area contributed by atoms with Crippen molar-refractivity contribution >= 4 is 5.88 Å². The zero-order valence-corrected chi connectivity index (χ0v) is 8.21. The molecule has 1 heterocycles. The predicted molar refractivity (Wildman–Crippen MR) is 50.4 cm³/mol. The van der Waals surface area contributed by atoms with Gasteiger partial charge in [0.2, 0.25) is 0 Å². The fourth-order valence-electron chi connectivity index (χ4n) is 1.38. The van der Waals surface area contributed by atoms with E-state index in [1.165, 1.54) is 12.8 Å². The van der Waals surface area contributed by atoms with Crippen LogP contribution >= 0.6 is 0 Å². The summed E-state index contributed by atoms with van der Waals surface area (Å²) >= 11 is 0. The van der Waals surface area contributed by atoms with Crippen molar-refractivity contribution in [2.24, 2.45) is 0 Å². The molecule has 0 fully saturated rings. The molecule has 1 N–H and O–H groups in total. The Hall–Kier alpha value is -1.06. The zero-order chi connectivity index (χ0) is 9.52. The standard InChI is InChI=1S/C9H16N3O/c1-3-5-8(6-4-2)11-9-7-10-12-13-9/h8,11H,3-6H2,1-2H3. The molecule has 0 aliphatic rings. The van der Waals surface area contributed by atoms with Crippen molar-refractivity contribution in [2.45, 2.75) is 45.6 Å². The van der Waals surface area contributed by atoms with Gasteiger partial charge in [0.15, 0.2) is 6.20 Å². The average molecular weight is 182 g/mol. The molecule has 0 unspecified atom stereocenters. The zero-order valence-electron chi connectivity index (χ0n) is 8.21. The van der Waals surface area contributed by atoms with Crippen LogP contribution in [0.15, 0.2) is 4.52 Å². The molecule has 0 saturated carbocycles. The highest BCUT2D eigenvalue weighted by atomic mass is 16.5. The van der Waals surface area contributed by atoms with E-state index >= 15 is 0 Å². The minimum atomic E-state index is 0.459. The third kappa shape index (κ3) is 3.44. The Morgan fingerprint density at radius 3 is 2.54 bits per heavy atom. The van der Waals surface area contributed by atoms with Gasteiger partial charge in [0.05, 0.1) is 0 Å². The largest absolute Gasteiger partial charge is 0.349 e. The fraction of sp³-hybridized carbons (Fsp3) is 0.778. The number of nitrogens with zero attached hydrogens (tertiary/aromatic N) is 2. The number of hydrogen-bond acceptors (Lipinski definition) is 4. The molecular formula is C9H16N3O. The predicted octanol–water partition coefficient (Wildman–Crippen LogP) is 2.25. The quantitative estimate of drug-likeness (QED) is 0.733. The van der Waals surface area contributed by atoms with Crippen LogP contribution < -0.4 is 5.32 Å². The van der Waals surface area contributed by atoms with Gasteiger partial charge in [-0.15, -0.1) is 5.10 Å². The maximum atomic E-state index is 4.83. The van der Waals surface area contributed by atoms with Crippen LogP contribution in [0.3, 0.4) is 0 Å². The van der Waals surface area contributed by atoms with Crippen LogP contribution in [0.5, 0.6) is 0 Å². The number of anilines is 1. The van der Waals surface area contributed by atoms with E-state index in [1.807, 2.05) is 0 Å². The van der Waals surface area contributed by atoms with Gasteiger partial charge in [-0.05, 0) is 12.8 Å². The van der Waals surface area contributed by atoms with Gasteiger partial charge in [-0.25, -0.2) is 0 Å². The molecule has 1 aromatic rings. The van der Waals surface area contributed by atoms with Crippen molar-refractivity contribution in [3.63, 3.8) is 0 Å². The highest BCUT2D eigenvalue weighted by Gasteiger charge is 2.08. The first-order chi connectivity index (χ1) is 6.36. The Labute approximate surface area is 78.7 Å². The maximum absolute atomic E-state index is 4.83. The monoisotopic (exact) mass is 182 g/mol. The lowest BCUT2D eigenvalue weighted by Gasteiger charge is -2.15. The summed E-state index contributed by atoms with van der Waals surface area (Å²) in [4.78, 5) is 0. The van der Waals surface area contributed by atoms with E-state index in [0.717, 1.165) is 12.8 Å². The first kappa shape index (κ1) is 10.0. The minimum Gasteiger partial charge on any atom is -0.349 e. The summed E-state index contributed by atoms with van der Waals surface area (Å²) in [5.41, 5.74) is 0. The lowest BCUT2D eigenvalue weighted by atomic mass is 10.1. The van der Waals surface area contributed by atoms with Crippen LogP contribution in [0.25, 0.3) is 0 Å². The van der Waals surface area contributed by atoms with E-state index in [9.17, 15) is 0 Å². The molecule has 0 aliphatic heterocycles. The smallest absolute Gasteiger partial charge is 0.255 e. The molecule has 4 heteroatoms. The van der Waals surface area contributed by atoms with E-state index < -0.39 is 0 Å². The summed E-state index contributed by atoms with van der Waals surface area (Å²) in [5, 5.41) is 10.1. The molecule has 0 aromatic carbocycles. The lowest BCUT2D eigenvalue weighted by molar-refractivity contribution is 0.397. The summed E-state index contributed by atoms with van der Waals surface area (Å²) in [5.74, 6) is 0.548. The normalized spacial score (nSPS) is 10.7. The van der Waals surface area contributed by atoms with E-state index in [-0.39, 0.29) is 0 Å². The van der Waals surface area contributed by atoms with E-state index in [0.29, 0.717) is 11.9 Å². The van der Waals surface area contributed by atoms with Crippen molar-refractivity contribution in [1.29, 1.82) is 0 Å². The Kier molecular flexibility index (Phi) is 4.29. The van der Waals surface area contributed by atoms with Gasteiger partial charge in [0.25, 0.3) is 5.88 Å². The fourth-order valence-corrected chi connectivity index (χ4v) is 1.38. The Morgan fingerprint density at radius 1 is 1.38 bits per heavy atom. The van der Waals surface area contributed by atoms with Crippen LogP contribution in [0.2, 0.25) is 0 Å². The highest BCUT2D eigenvalue weighted by molar-refractivity contribution is 5.24. The molecule has 0 saturated heterocycles. The van der Waals surface area contributed by atoms with Crippen LogP contribution in [0.4, 0.5) is 5.88 Å². The second-order valence-electron chi connectivity index (χ2n) is 3.13. The van der Waals surface area contributed by atoms with Gasteiger partial charge in [0, 0.05) is 11.3 Å². The van der Waals surface area contributed by atoms with Crippen molar-refractivity contribution in [2.75, 3.05) is 5.32 Å². The number of nitrogens with one attached hydrogen (secondary N) is 1. The number of aromatic nitrogens is 2. The summed E-state index contributed by atoms with van der Waals surface area (Å²) in [6.07, 6.45) is 7.26. The molecule has 0 amide bonds. The highest BCUT2D eigenvalue weighted by Crippen LogP contribution is 2.11. The number of rotatable bonds is 6. The Bertz CT molecular complexity index is 205. The first-order valence-corrected chi connectivity index (χ1v) is 4.83. The Morgan fingerprint density at radius 2 is 2.08 bits per heavy atom. The van der Waals surface area contributed by atoms with Crippen molar-refractivity contribution in [3.05, 3.63) is 6.20 Å². The van der Waals surface area contributed by atoms with Gasteiger partial charge in [-0.2, -0.15) is 0 Å². The summed E-state index contributed by atoms with van der Waals surface area (Å²) < 4.78 is 4.83. The van der Waals surface area contributed by atoms with E-state index in [1.54, 1.807) is 0 Å². The summed E-state index contributed by atoms with van der Waals surface area (Å²) in [6.45, 7) is 4.35. The van der Waals surface area contributed by atoms with Crippen molar-refractivity contribution < 1.29 is 4.52 Å². The topological polar surface area (TPSA) is 51.0 Å². The van der Waals surface area contributed by atoms with Crippen molar-refractivity contribution in [3.8, 4) is 0 Å². The van der Waals surface area contributed by atoms with Crippen molar-refractivity contribution in [1.82, 2.24) is 10.4 Å². The van der Waals surface area contributed by atoms with E-state index in [4.69, 9.17) is 4.52 Å². The molecule has 73 valence electrons. The molecule has 1 aromatic heterocycles. The van der Waals surface area contributed by atoms with Gasteiger partial charge in [-0.3, -0.25) is 0 Å². The van der Waals surface area contributed by atoms with E-state index in [2.05, 4.69) is 35.7 Å². The third-order valence-electron chi connectivity index (χ3n) is 1.93. The molecule has 1 radical (unpaired) electrons. The van der Waals surface area contributed by atoms with Gasteiger partial charge in [-0.1, -0.05) is 26.7 Å². The molecule has 0 atom stereocenters. The second kappa shape index (κ2) is 5.56. The van der Waals surface area contributed by atoms with Crippen LogP contribution in [-0.4, -0.2) is 16.4 Å². The summed E-state index contributed by atoms with van der Waals surface area (Å²) in [6, 6.07) is 0.459. The van der Waals surface area contributed by atoms with Gasteiger partial charge >= 0.3 is 0 Å². The molecule has 4 nitrogen and oxygen atoms in total. The maximum Gasteiger partial charge on any atom is 0.255 e. The lowest BCUT2D eigenvalue weighted by Crippen LogP contribution is -2.18. The molecule has 13 heavy (non-hydrogen) atoms. The minimum absolute atomic E-state index is 0.459. The third-order valence-corrected chi connectivity index (χ3v) is 1.93. The Balaban J connectivity index is 2.37. The first-order valence-electron chi connectivity index (χ1n) is 4.83. The van der Waals surface area contributed by atoms with Gasteiger partial charge < -0.3 is 9.84 Å². The van der Waals surface area contributed by atoms with Crippen LogP contribution in [0, 0.1) is 6.20 Å². The average Bonchev–Trinajstić information content (AvgIpc) is 2.58. The van der Waals surface area contributed by atoms with Gasteiger partial charge in [0.1, 0.15) is 0 Å².